The van der Waals surface area contributed by atoms with E-state index in [1.807, 2.05) is 14.0 Å². The van der Waals surface area contributed by atoms with E-state index >= 15 is 0 Å². The largest absolute Gasteiger partial charge is 0.380 e. The molecular weight excluding hydrogens is 244 g/mol. The fourth-order valence-corrected chi connectivity index (χ4v) is 1.99. The molecular formula is C12H22N6O. The average molecular weight is 266 g/mol. The molecule has 0 saturated carbocycles. The third kappa shape index (κ3) is 3.92. The van der Waals surface area contributed by atoms with Crippen LogP contribution in [0.3, 0.4) is 0 Å². The van der Waals surface area contributed by atoms with Crippen molar-refractivity contribution in [1.82, 2.24) is 15.0 Å². The van der Waals surface area contributed by atoms with E-state index in [2.05, 4.69) is 30.5 Å². The first-order valence-corrected chi connectivity index (χ1v) is 6.84. The molecule has 1 fully saturated rings. The number of aromatic nitrogens is 3. The van der Waals surface area contributed by atoms with Crippen molar-refractivity contribution in [3.63, 3.8) is 0 Å². The van der Waals surface area contributed by atoms with Crippen LogP contribution in [0.5, 0.6) is 0 Å². The van der Waals surface area contributed by atoms with E-state index in [-0.39, 0.29) is 0 Å². The van der Waals surface area contributed by atoms with Crippen molar-refractivity contribution in [1.29, 1.82) is 0 Å². The highest BCUT2D eigenvalue weighted by atomic mass is 16.5. The van der Waals surface area contributed by atoms with Crippen molar-refractivity contribution in [2.24, 2.45) is 0 Å². The van der Waals surface area contributed by atoms with Crippen molar-refractivity contribution in [3.05, 3.63) is 0 Å². The number of ether oxygens (including phenoxy) is 1. The predicted molar refractivity (Wildman–Crippen MR) is 75.8 cm³/mol. The van der Waals surface area contributed by atoms with Crippen LogP contribution in [0.1, 0.15) is 19.8 Å². The smallest absolute Gasteiger partial charge is 0.231 e. The van der Waals surface area contributed by atoms with Crippen molar-refractivity contribution in [3.8, 4) is 0 Å². The first-order chi connectivity index (χ1) is 9.33. The van der Waals surface area contributed by atoms with Gasteiger partial charge < -0.3 is 20.3 Å². The molecule has 2 N–H and O–H groups in total. The van der Waals surface area contributed by atoms with Crippen LogP contribution in [-0.4, -0.2) is 54.8 Å². The number of hydrogen-bond acceptors (Lipinski definition) is 7. The molecule has 7 nitrogen and oxygen atoms in total. The summed E-state index contributed by atoms with van der Waals surface area (Å²) >= 11 is 0. The predicted octanol–water partition coefficient (Wildman–Crippen LogP) is 0.962. The minimum Gasteiger partial charge on any atom is -0.380 e. The lowest BCUT2D eigenvalue weighted by atomic mass is 10.4. The van der Waals surface area contributed by atoms with Crippen LogP contribution in [-0.2, 0) is 4.74 Å². The van der Waals surface area contributed by atoms with Gasteiger partial charge >= 0.3 is 0 Å². The molecule has 0 unspecified atom stereocenters. The summed E-state index contributed by atoms with van der Waals surface area (Å²) in [7, 11) is 1.81. The molecule has 1 aromatic rings. The van der Waals surface area contributed by atoms with Gasteiger partial charge in [0.25, 0.3) is 0 Å². The van der Waals surface area contributed by atoms with Crippen LogP contribution < -0.4 is 15.5 Å². The van der Waals surface area contributed by atoms with Gasteiger partial charge in [0.1, 0.15) is 0 Å². The molecule has 0 aliphatic carbocycles. The van der Waals surface area contributed by atoms with Gasteiger partial charge in [-0.25, -0.2) is 0 Å². The van der Waals surface area contributed by atoms with E-state index in [1.54, 1.807) is 0 Å². The summed E-state index contributed by atoms with van der Waals surface area (Å²) < 4.78 is 5.28. The molecule has 0 aromatic carbocycles. The number of rotatable bonds is 7. The van der Waals surface area contributed by atoms with Crippen LogP contribution in [0.4, 0.5) is 17.8 Å². The number of hydrogen-bond donors (Lipinski definition) is 2. The van der Waals surface area contributed by atoms with E-state index in [0.29, 0.717) is 25.0 Å². The lowest BCUT2D eigenvalue weighted by molar-refractivity contribution is 0.158. The molecule has 0 atom stereocenters. The monoisotopic (exact) mass is 266 g/mol. The Kier molecular flexibility index (Phi) is 5.14. The molecule has 1 saturated heterocycles. The number of anilines is 3. The van der Waals surface area contributed by atoms with Crippen LogP contribution >= 0.6 is 0 Å². The van der Waals surface area contributed by atoms with Gasteiger partial charge in [-0.15, -0.1) is 0 Å². The Bertz CT molecular complexity index is 394. The van der Waals surface area contributed by atoms with E-state index in [9.17, 15) is 0 Å². The van der Waals surface area contributed by atoms with Gasteiger partial charge in [-0.2, -0.15) is 15.0 Å². The Morgan fingerprint density at radius 2 is 1.89 bits per heavy atom. The summed E-state index contributed by atoms with van der Waals surface area (Å²) in [5.41, 5.74) is 0. The SMILES string of the molecule is CCOCCNc1nc(NC)nc(N2CCCC2)n1. The highest BCUT2D eigenvalue weighted by Crippen LogP contribution is 2.18. The normalized spacial score (nSPS) is 14.7. The molecule has 1 aliphatic heterocycles. The number of nitrogens with one attached hydrogen (secondary N) is 2. The molecule has 19 heavy (non-hydrogen) atoms. The maximum atomic E-state index is 5.28. The molecule has 106 valence electrons. The van der Waals surface area contributed by atoms with Crippen molar-refractivity contribution in [2.75, 3.05) is 55.4 Å². The molecule has 0 spiro atoms. The summed E-state index contributed by atoms with van der Waals surface area (Å²) in [5, 5.41) is 6.14. The van der Waals surface area contributed by atoms with Crippen LogP contribution in [0.25, 0.3) is 0 Å². The highest BCUT2D eigenvalue weighted by Gasteiger charge is 2.16. The minimum atomic E-state index is 0.593. The van der Waals surface area contributed by atoms with E-state index in [0.717, 1.165) is 25.6 Å². The lowest BCUT2D eigenvalue weighted by Crippen LogP contribution is -2.22. The van der Waals surface area contributed by atoms with Gasteiger partial charge in [-0.1, -0.05) is 0 Å². The molecule has 2 rings (SSSR count). The van der Waals surface area contributed by atoms with Gasteiger partial charge in [0.05, 0.1) is 6.61 Å². The van der Waals surface area contributed by atoms with Crippen LogP contribution in [0, 0.1) is 0 Å². The fraction of sp³-hybridized carbons (Fsp3) is 0.750. The maximum absolute atomic E-state index is 5.28. The van der Waals surface area contributed by atoms with Gasteiger partial charge in [0.15, 0.2) is 0 Å². The summed E-state index contributed by atoms with van der Waals surface area (Å²) in [6.45, 7) is 6.08. The number of nitrogens with zero attached hydrogens (tertiary/aromatic N) is 4. The quantitative estimate of drug-likeness (QED) is 0.712. The van der Waals surface area contributed by atoms with Gasteiger partial charge in [0, 0.05) is 33.3 Å². The Morgan fingerprint density at radius 3 is 2.58 bits per heavy atom. The zero-order valence-corrected chi connectivity index (χ0v) is 11.6. The molecule has 0 bridgehead atoms. The Labute approximate surface area is 113 Å². The topological polar surface area (TPSA) is 75.2 Å². The van der Waals surface area contributed by atoms with Crippen molar-refractivity contribution < 1.29 is 4.74 Å². The van der Waals surface area contributed by atoms with Crippen LogP contribution in [0.15, 0.2) is 0 Å². The van der Waals surface area contributed by atoms with Crippen molar-refractivity contribution in [2.45, 2.75) is 19.8 Å². The summed E-state index contributed by atoms with van der Waals surface area (Å²) in [4.78, 5) is 15.3. The third-order valence-corrected chi connectivity index (χ3v) is 2.97. The van der Waals surface area contributed by atoms with Crippen LogP contribution in [0.2, 0.25) is 0 Å². The Hall–Kier alpha value is -1.63. The molecule has 7 heteroatoms. The first-order valence-electron chi connectivity index (χ1n) is 6.84. The highest BCUT2D eigenvalue weighted by molar-refractivity contribution is 5.44. The molecule has 2 heterocycles. The summed E-state index contributed by atoms with van der Waals surface area (Å²) in [6.07, 6.45) is 2.40. The fourth-order valence-electron chi connectivity index (χ4n) is 1.99. The molecule has 1 aromatic heterocycles. The zero-order chi connectivity index (χ0) is 13.5. The molecule has 0 radical (unpaired) electrons. The second-order valence-electron chi connectivity index (χ2n) is 4.35. The second kappa shape index (κ2) is 7.08. The minimum absolute atomic E-state index is 0.593. The van der Waals surface area contributed by atoms with E-state index in [1.165, 1.54) is 12.8 Å². The van der Waals surface area contributed by atoms with E-state index in [4.69, 9.17) is 4.74 Å². The standard InChI is InChI=1S/C12H22N6O/c1-3-19-9-6-14-11-15-10(13-2)16-12(17-11)18-7-4-5-8-18/h3-9H2,1-2H3,(H2,13,14,15,16,17). The van der Waals surface area contributed by atoms with E-state index < -0.39 is 0 Å². The van der Waals surface area contributed by atoms with Gasteiger partial charge in [-0.3, -0.25) is 0 Å². The average Bonchev–Trinajstić information content (AvgIpc) is 2.97. The first kappa shape index (κ1) is 13.8. The van der Waals surface area contributed by atoms with Gasteiger partial charge in [-0.05, 0) is 19.8 Å². The van der Waals surface area contributed by atoms with Gasteiger partial charge in [0.2, 0.25) is 17.8 Å². The summed E-state index contributed by atoms with van der Waals surface area (Å²) in [6, 6.07) is 0. The van der Waals surface area contributed by atoms with Crippen molar-refractivity contribution >= 4 is 17.8 Å². The Balaban J connectivity index is 2.02. The Morgan fingerprint density at radius 1 is 1.16 bits per heavy atom. The zero-order valence-electron chi connectivity index (χ0n) is 11.6. The molecule has 1 aliphatic rings. The third-order valence-electron chi connectivity index (χ3n) is 2.97. The molecule has 0 amide bonds. The lowest BCUT2D eigenvalue weighted by Gasteiger charge is -2.16. The second-order valence-corrected chi connectivity index (χ2v) is 4.35. The summed E-state index contributed by atoms with van der Waals surface area (Å²) in [5.74, 6) is 1.94. The maximum Gasteiger partial charge on any atom is 0.231 e.